The molecule has 168 valence electrons. The van der Waals surface area contributed by atoms with E-state index in [0.717, 1.165) is 60.6 Å². The number of rotatable bonds is 6. The van der Waals surface area contributed by atoms with E-state index in [2.05, 4.69) is 53.3 Å². The maximum absolute atomic E-state index is 6.19. The predicted octanol–water partition coefficient (Wildman–Crippen LogP) is 5.49. The van der Waals surface area contributed by atoms with Crippen LogP contribution in [0.1, 0.15) is 44.7 Å². The number of benzene rings is 2. The zero-order valence-electron chi connectivity index (χ0n) is 19.1. The number of hydrogen-bond donors (Lipinski definition) is 1. The van der Waals surface area contributed by atoms with Crippen LogP contribution in [-0.4, -0.2) is 41.2 Å². The molecule has 1 fully saturated rings. The molecule has 1 aromatic heterocycles. The van der Waals surface area contributed by atoms with Crippen LogP contribution in [0.4, 0.5) is 6.01 Å². The summed E-state index contributed by atoms with van der Waals surface area (Å²) in [5.41, 5.74) is 3.75. The molecule has 0 unspecified atom stereocenters. The van der Waals surface area contributed by atoms with Crippen molar-refractivity contribution in [3.63, 3.8) is 0 Å². The lowest BCUT2D eigenvalue weighted by Crippen LogP contribution is -2.38. The summed E-state index contributed by atoms with van der Waals surface area (Å²) in [4.78, 5) is 7.05. The van der Waals surface area contributed by atoms with E-state index < -0.39 is 0 Å². The molecule has 0 spiro atoms. The van der Waals surface area contributed by atoms with E-state index in [4.69, 9.17) is 13.9 Å². The van der Waals surface area contributed by atoms with Crippen molar-refractivity contribution in [3.05, 3.63) is 53.6 Å². The average Bonchev–Trinajstić information content (AvgIpc) is 3.18. The average molecular weight is 434 g/mol. The number of ether oxygens (including phenoxy) is 2. The van der Waals surface area contributed by atoms with Gasteiger partial charge in [0.15, 0.2) is 17.1 Å². The van der Waals surface area contributed by atoms with E-state index in [0.29, 0.717) is 18.7 Å². The van der Waals surface area contributed by atoms with Crippen molar-refractivity contribution in [2.75, 3.05) is 25.0 Å². The summed E-state index contributed by atoms with van der Waals surface area (Å²) in [6.45, 7) is 9.72. The minimum atomic E-state index is -0.316. The van der Waals surface area contributed by atoms with Gasteiger partial charge in [0, 0.05) is 31.2 Å². The molecule has 1 saturated heterocycles. The summed E-state index contributed by atoms with van der Waals surface area (Å²) in [6, 6.07) is 13.2. The first-order valence-corrected chi connectivity index (χ1v) is 11.5. The first-order valence-electron chi connectivity index (χ1n) is 11.5. The first-order chi connectivity index (χ1) is 15.5. The molecule has 0 amide bonds. The van der Waals surface area contributed by atoms with Gasteiger partial charge in [-0.2, -0.15) is 4.98 Å². The van der Waals surface area contributed by atoms with Gasteiger partial charge >= 0.3 is 0 Å². The van der Waals surface area contributed by atoms with Crippen molar-refractivity contribution in [1.29, 1.82) is 0 Å². The summed E-state index contributed by atoms with van der Waals surface area (Å²) in [5.74, 6) is 1.69. The standard InChI is InChI=1S/C26H31N3O3/c1-4-30-23-16-18(15-19-9-12-26(2,3)32-24(19)23)17-29-13-10-20(11-14-29)27-25-28-21-7-5-6-8-22(21)31-25/h5-9,12,15-16,20H,4,10-11,13-14,17H2,1-3H3,(H,27,28). The number of hydrogen-bond acceptors (Lipinski definition) is 6. The molecule has 2 aromatic carbocycles. The van der Waals surface area contributed by atoms with Gasteiger partial charge in [0.2, 0.25) is 0 Å². The van der Waals surface area contributed by atoms with E-state index in [1.54, 1.807) is 0 Å². The number of nitrogens with zero attached hydrogens (tertiary/aromatic N) is 2. The minimum absolute atomic E-state index is 0.316. The van der Waals surface area contributed by atoms with E-state index in [-0.39, 0.29) is 5.60 Å². The van der Waals surface area contributed by atoms with Gasteiger partial charge in [0.05, 0.1) is 6.61 Å². The topological polar surface area (TPSA) is 59.8 Å². The van der Waals surface area contributed by atoms with Crippen molar-refractivity contribution < 1.29 is 13.9 Å². The molecule has 2 aliphatic heterocycles. The van der Waals surface area contributed by atoms with Crippen LogP contribution in [0.25, 0.3) is 17.2 Å². The number of likely N-dealkylation sites (tertiary alicyclic amines) is 1. The largest absolute Gasteiger partial charge is 0.490 e. The Morgan fingerprint density at radius 3 is 2.78 bits per heavy atom. The summed E-state index contributed by atoms with van der Waals surface area (Å²) < 4.78 is 18.0. The van der Waals surface area contributed by atoms with Crippen LogP contribution in [0, 0.1) is 0 Å². The molecule has 1 N–H and O–H groups in total. The van der Waals surface area contributed by atoms with Gasteiger partial charge in [-0.3, -0.25) is 4.90 Å². The van der Waals surface area contributed by atoms with Crippen LogP contribution in [0.3, 0.4) is 0 Å². The molecule has 0 radical (unpaired) electrons. The van der Waals surface area contributed by atoms with Crippen molar-refractivity contribution in [3.8, 4) is 11.5 Å². The molecule has 0 aliphatic carbocycles. The van der Waals surface area contributed by atoms with E-state index in [1.165, 1.54) is 5.56 Å². The third-order valence-electron chi connectivity index (χ3n) is 6.09. The Balaban J connectivity index is 1.22. The van der Waals surface area contributed by atoms with Crippen molar-refractivity contribution in [1.82, 2.24) is 9.88 Å². The molecule has 0 saturated carbocycles. The normalized spacial score (nSPS) is 18.3. The number of piperidine rings is 1. The first kappa shape index (κ1) is 20.9. The Bertz CT molecular complexity index is 1090. The van der Waals surface area contributed by atoms with Crippen LogP contribution in [0.2, 0.25) is 0 Å². The van der Waals surface area contributed by atoms with Gasteiger partial charge < -0.3 is 19.2 Å². The van der Waals surface area contributed by atoms with Gasteiger partial charge in [-0.15, -0.1) is 0 Å². The zero-order valence-corrected chi connectivity index (χ0v) is 19.1. The number of nitrogens with one attached hydrogen (secondary N) is 1. The van der Waals surface area contributed by atoms with Crippen molar-refractivity contribution >= 4 is 23.2 Å². The van der Waals surface area contributed by atoms with E-state index in [1.807, 2.05) is 31.2 Å². The van der Waals surface area contributed by atoms with Crippen LogP contribution < -0.4 is 14.8 Å². The number of fused-ring (bicyclic) bond motifs is 2. The molecule has 6 nitrogen and oxygen atoms in total. The fourth-order valence-corrected chi connectivity index (χ4v) is 4.46. The highest BCUT2D eigenvalue weighted by atomic mass is 16.5. The summed E-state index contributed by atoms with van der Waals surface area (Å²) >= 11 is 0. The van der Waals surface area contributed by atoms with Crippen molar-refractivity contribution in [2.24, 2.45) is 0 Å². The van der Waals surface area contributed by atoms with Crippen LogP contribution in [0.5, 0.6) is 11.5 Å². The Hall–Kier alpha value is -2.99. The highest BCUT2D eigenvalue weighted by Gasteiger charge is 2.26. The number of oxazole rings is 1. The molecule has 5 rings (SSSR count). The maximum Gasteiger partial charge on any atom is 0.295 e. The zero-order chi connectivity index (χ0) is 22.1. The fraction of sp³-hybridized carbons (Fsp3) is 0.423. The molecule has 0 bridgehead atoms. The molecular weight excluding hydrogens is 402 g/mol. The molecule has 3 aromatic rings. The van der Waals surface area contributed by atoms with Crippen LogP contribution in [-0.2, 0) is 6.54 Å². The van der Waals surface area contributed by atoms with Crippen LogP contribution in [0.15, 0.2) is 46.9 Å². The molecule has 2 aliphatic rings. The Kier molecular flexibility index (Phi) is 5.55. The van der Waals surface area contributed by atoms with Crippen LogP contribution >= 0.6 is 0 Å². The minimum Gasteiger partial charge on any atom is -0.490 e. The third-order valence-corrected chi connectivity index (χ3v) is 6.09. The Morgan fingerprint density at radius 2 is 2.00 bits per heavy atom. The summed E-state index contributed by atoms with van der Waals surface area (Å²) in [7, 11) is 0. The molecule has 3 heterocycles. The number of anilines is 1. The second-order valence-electron chi connectivity index (χ2n) is 9.17. The third kappa shape index (κ3) is 4.46. The lowest BCUT2D eigenvalue weighted by atomic mass is 9.99. The summed E-state index contributed by atoms with van der Waals surface area (Å²) in [6.07, 6.45) is 6.37. The molecule has 0 atom stereocenters. The van der Waals surface area contributed by atoms with Gasteiger partial charge in [0.25, 0.3) is 6.01 Å². The van der Waals surface area contributed by atoms with Gasteiger partial charge in [-0.25, -0.2) is 0 Å². The maximum atomic E-state index is 6.19. The SMILES string of the molecule is CCOc1cc(CN2CCC(Nc3nc4ccccc4o3)CC2)cc2c1OC(C)(C)C=C2. The lowest BCUT2D eigenvalue weighted by Gasteiger charge is -2.33. The highest BCUT2D eigenvalue weighted by Crippen LogP contribution is 2.40. The summed E-state index contributed by atoms with van der Waals surface area (Å²) in [5, 5.41) is 3.48. The monoisotopic (exact) mass is 433 g/mol. The predicted molar refractivity (Wildman–Crippen MR) is 127 cm³/mol. The molecular formula is C26H31N3O3. The van der Waals surface area contributed by atoms with Gasteiger partial charge in [-0.05, 0) is 69.5 Å². The molecule has 32 heavy (non-hydrogen) atoms. The van der Waals surface area contributed by atoms with E-state index >= 15 is 0 Å². The quantitative estimate of drug-likeness (QED) is 0.555. The smallest absolute Gasteiger partial charge is 0.295 e. The Labute approximate surface area is 189 Å². The van der Waals surface area contributed by atoms with Crippen molar-refractivity contribution in [2.45, 2.75) is 51.8 Å². The fourth-order valence-electron chi connectivity index (χ4n) is 4.46. The number of para-hydroxylation sites is 2. The van der Waals surface area contributed by atoms with E-state index in [9.17, 15) is 0 Å². The van der Waals surface area contributed by atoms with Gasteiger partial charge in [-0.1, -0.05) is 18.2 Å². The Morgan fingerprint density at radius 1 is 1.19 bits per heavy atom. The van der Waals surface area contributed by atoms with Gasteiger partial charge in [0.1, 0.15) is 11.1 Å². The highest BCUT2D eigenvalue weighted by molar-refractivity contribution is 5.74. The lowest BCUT2D eigenvalue weighted by molar-refractivity contribution is 0.149. The number of aromatic nitrogens is 1. The second kappa shape index (κ2) is 8.51. The second-order valence-corrected chi connectivity index (χ2v) is 9.17. The molecule has 6 heteroatoms.